The van der Waals surface area contributed by atoms with E-state index in [-0.39, 0.29) is 24.9 Å². The summed E-state index contributed by atoms with van der Waals surface area (Å²) >= 11 is 0. The lowest BCUT2D eigenvalue weighted by atomic mass is 10.0. The second kappa shape index (κ2) is 7.21. The second-order valence-corrected chi connectivity index (χ2v) is 6.51. The minimum Gasteiger partial charge on any atom is -0.367 e. The average molecular weight is 357 g/mol. The van der Waals surface area contributed by atoms with Gasteiger partial charge in [0.15, 0.2) is 5.60 Å². The fourth-order valence-electron chi connectivity index (χ4n) is 2.89. The van der Waals surface area contributed by atoms with Gasteiger partial charge in [-0.15, -0.1) is 0 Å². The average Bonchev–Trinajstić information content (AvgIpc) is 2.63. The lowest BCUT2D eigenvalue weighted by Gasteiger charge is -2.38. The van der Waals surface area contributed by atoms with Gasteiger partial charge in [0.25, 0.3) is 11.8 Å². The third-order valence-electron chi connectivity index (χ3n) is 4.44. The fraction of sp³-hybridized carbons (Fsp3) is 0.316. The van der Waals surface area contributed by atoms with Crippen LogP contribution in [-0.2, 0) is 16.0 Å². The van der Waals surface area contributed by atoms with E-state index < -0.39 is 11.5 Å². The number of rotatable bonds is 4. The van der Waals surface area contributed by atoms with Gasteiger partial charge in [0.05, 0.1) is 13.2 Å². The van der Waals surface area contributed by atoms with Crippen LogP contribution in [-0.4, -0.2) is 47.0 Å². The molecule has 2 heterocycles. The Labute approximate surface area is 150 Å². The van der Waals surface area contributed by atoms with E-state index in [0.717, 1.165) is 5.56 Å². The molecule has 0 spiro atoms. The predicted molar refractivity (Wildman–Crippen MR) is 92.9 cm³/mol. The predicted octanol–water partition coefficient (Wildman–Crippen LogP) is 1.53. The topological polar surface area (TPSA) is 85.5 Å². The van der Waals surface area contributed by atoms with E-state index in [1.807, 2.05) is 0 Å². The number of hydrogen-bond acceptors (Lipinski definition) is 4. The summed E-state index contributed by atoms with van der Waals surface area (Å²) in [5, 5.41) is 0. The SMILES string of the molecule is C[C@]1(C(N)=O)CN(C(=O)c2ccnc(Cc3ccc(F)cc3)c2)CCO1. The number of hydrogen-bond donors (Lipinski definition) is 1. The Morgan fingerprint density at radius 2 is 2.04 bits per heavy atom. The number of nitrogens with zero attached hydrogens (tertiary/aromatic N) is 2. The van der Waals surface area contributed by atoms with Crippen LogP contribution in [0.1, 0.15) is 28.5 Å². The number of aromatic nitrogens is 1. The molecule has 6 nitrogen and oxygen atoms in total. The molecule has 1 saturated heterocycles. The molecular weight excluding hydrogens is 337 g/mol. The van der Waals surface area contributed by atoms with Crippen LogP contribution < -0.4 is 5.73 Å². The molecule has 1 aliphatic heterocycles. The number of morpholine rings is 1. The lowest BCUT2D eigenvalue weighted by molar-refractivity contribution is -0.150. The number of nitrogens with two attached hydrogens (primary N) is 1. The van der Waals surface area contributed by atoms with Crippen LogP contribution >= 0.6 is 0 Å². The highest BCUT2D eigenvalue weighted by atomic mass is 19.1. The van der Waals surface area contributed by atoms with Crippen molar-refractivity contribution in [3.8, 4) is 0 Å². The monoisotopic (exact) mass is 357 g/mol. The Hall–Kier alpha value is -2.80. The van der Waals surface area contributed by atoms with E-state index in [2.05, 4.69) is 4.98 Å². The van der Waals surface area contributed by atoms with Gasteiger partial charge in [-0.05, 0) is 36.8 Å². The molecule has 0 bridgehead atoms. The maximum atomic E-state index is 13.0. The molecule has 3 rings (SSSR count). The van der Waals surface area contributed by atoms with Crippen molar-refractivity contribution in [2.45, 2.75) is 18.9 Å². The van der Waals surface area contributed by atoms with Crippen LogP contribution in [0.25, 0.3) is 0 Å². The number of amides is 2. The molecular formula is C19H20FN3O3. The Balaban J connectivity index is 1.75. The third kappa shape index (κ3) is 3.88. The molecule has 0 aliphatic carbocycles. The second-order valence-electron chi connectivity index (χ2n) is 6.51. The first kappa shape index (κ1) is 18.0. The largest absolute Gasteiger partial charge is 0.367 e. The molecule has 26 heavy (non-hydrogen) atoms. The van der Waals surface area contributed by atoms with Crippen molar-refractivity contribution in [3.63, 3.8) is 0 Å². The van der Waals surface area contributed by atoms with Gasteiger partial charge in [0.1, 0.15) is 5.82 Å². The Morgan fingerprint density at radius 3 is 2.73 bits per heavy atom. The lowest BCUT2D eigenvalue weighted by Crippen LogP contribution is -2.58. The zero-order valence-electron chi connectivity index (χ0n) is 14.4. The summed E-state index contributed by atoms with van der Waals surface area (Å²) in [6.07, 6.45) is 2.06. The number of ether oxygens (including phenoxy) is 1. The maximum Gasteiger partial charge on any atom is 0.254 e. The van der Waals surface area contributed by atoms with Crippen molar-refractivity contribution in [3.05, 3.63) is 65.2 Å². The van der Waals surface area contributed by atoms with Gasteiger partial charge in [-0.1, -0.05) is 12.1 Å². The van der Waals surface area contributed by atoms with Crippen LogP contribution in [0.5, 0.6) is 0 Å². The quantitative estimate of drug-likeness (QED) is 0.899. The normalized spacial score (nSPS) is 20.0. The molecule has 1 fully saturated rings. The van der Waals surface area contributed by atoms with Gasteiger partial charge in [0, 0.05) is 30.4 Å². The highest BCUT2D eigenvalue weighted by Gasteiger charge is 2.39. The number of benzene rings is 1. The molecule has 1 aromatic carbocycles. The number of primary amides is 1. The third-order valence-corrected chi connectivity index (χ3v) is 4.44. The smallest absolute Gasteiger partial charge is 0.254 e. The number of pyridine rings is 1. The van der Waals surface area contributed by atoms with Crippen molar-refractivity contribution in [1.82, 2.24) is 9.88 Å². The molecule has 136 valence electrons. The first-order valence-electron chi connectivity index (χ1n) is 8.30. The Kier molecular flexibility index (Phi) is 4.99. The summed E-state index contributed by atoms with van der Waals surface area (Å²) < 4.78 is 18.5. The zero-order chi connectivity index (χ0) is 18.7. The van der Waals surface area contributed by atoms with Gasteiger partial charge in [0.2, 0.25) is 0 Å². The van der Waals surface area contributed by atoms with E-state index in [1.54, 1.807) is 42.3 Å². The van der Waals surface area contributed by atoms with E-state index >= 15 is 0 Å². The standard InChI is InChI=1S/C19H20FN3O3/c1-19(18(21)25)12-23(8-9-26-19)17(24)14-6-7-22-16(11-14)10-13-2-4-15(20)5-3-13/h2-7,11H,8-10,12H2,1H3,(H2,21,25)/t19-/m1/s1. The van der Waals surface area contributed by atoms with Crippen molar-refractivity contribution < 1.29 is 18.7 Å². The molecule has 2 N–H and O–H groups in total. The summed E-state index contributed by atoms with van der Waals surface area (Å²) in [6, 6.07) is 9.50. The van der Waals surface area contributed by atoms with Gasteiger partial charge in [-0.2, -0.15) is 0 Å². The summed E-state index contributed by atoms with van der Waals surface area (Å²) in [4.78, 5) is 30.2. The highest BCUT2D eigenvalue weighted by molar-refractivity contribution is 5.95. The van der Waals surface area contributed by atoms with Gasteiger partial charge in [-0.3, -0.25) is 14.6 Å². The Bertz CT molecular complexity index is 825. The summed E-state index contributed by atoms with van der Waals surface area (Å²) in [7, 11) is 0. The van der Waals surface area contributed by atoms with Gasteiger partial charge in [-0.25, -0.2) is 4.39 Å². The molecule has 0 radical (unpaired) electrons. The van der Waals surface area contributed by atoms with Crippen molar-refractivity contribution in [1.29, 1.82) is 0 Å². The minimum absolute atomic E-state index is 0.108. The fourth-order valence-corrected chi connectivity index (χ4v) is 2.89. The van der Waals surface area contributed by atoms with E-state index in [9.17, 15) is 14.0 Å². The number of halogens is 1. The van der Waals surface area contributed by atoms with Crippen molar-refractivity contribution in [2.24, 2.45) is 5.73 Å². The van der Waals surface area contributed by atoms with Gasteiger partial charge < -0.3 is 15.4 Å². The first-order chi connectivity index (χ1) is 12.4. The summed E-state index contributed by atoms with van der Waals surface area (Å²) in [6.45, 7) is 2.33. The number of carbonyl (C=O) groups excluding carboxylic acids is 2. The van der Waals surface area contributed by atoms with Crippen LogP contribution in [0, 0.1) is 5.82 Å². The molecule has 0 saturated carbocycles. The molecule has 7 heteroatoms. The maximum absolute atomic E-state index is 13.0. The molecule has 0 unspecified atom stereocenters. The zero-order valence-corrected chi connectivity index (χ0v) is 14.4. The van der Waals surface area contributed by atoms with Crippen LogP contribution in [0.4, 0.5) is 4.39 Å². The summed E-state index contributed by atoms with van der Waals surface area (Å²) in [5.41, 5.74) is 6.28. The molecule has 2 amide bonds. The van der Waals surface area contributed by atoms with E-state index in [0.29, 0.717) is 24.2 Å². The van der Waals surface area contributed by atoms with Crippen LogP contribution in [0.15, 0.2) is 42.6 Å². The van der Waals surface area contributed by atoms with Crippen molar-refractivity contribution in [2.75, 3.05) is 19.7 Å². The molecule has 1 aliphatic rings. The first-order valence-corrected chi connectivity index (χ1v) is 8.30. The molecule has 1 atom stereocenters. The van der Waals surface area contributed by atoms with Crippen LogP contribution in [0.3, 0.4) is 0 Å². The highest BCUT2D eigenvalue weighted by Crippen LogP contribution is 2.19. The van der Waals surface area contributed by atoms with Crippen LogP contribution in [0.2, 0.25) is 0 Å². The molecule has 1 aromatic heterocycles. The van der Waals surface area contributed by atoms with Crippen molar-refractivity contribution >= 4 is 11.8 Å². The number of carbonyl (C=O) groups is 2. The van der Waals surface area contributed by atoms with E-state index in [1.165, 1.54) is 12.1 Å². The summed E-state index contributed by atoms with van der Waals surface area (Å²) in [5.74, 6) is -1.10. The minimum atomic E-state index is -1.18. The van der Waals surface area contributed by atoms with E-state index in [4.69, 9.17) is 10.5 Å². The van der Waals surface area contributed by atoms with Gasteiger partial charge >= 0.3 is 0 Å². The Morgan fingerprint density at radius 1 is 1.31 bits per heavy atom. The molecule has 2 aromatic rings.